The van der Waals surface area contributed by atoms with E-state index in [4.69, 9.17) is 9.47 Å². The van der Waals surface area contributed by atoms with Crippen LogP contribution < -0.4 is 15.5 Å². The Morgan fingerprint density at radius 1 is 0.839 bits per heavy atom. The first-order chi connectivity index (χ1) is 27.2. The van der Waals surface area contributed by atoms with Gasteiger partial charge in [-0.1, -0.05) is 86.1 Å². The number of aliphatic hydroxyl groups is 1. The highest BCUT2D eigenvalue weighted by molar-refractivity contribution is 5.76. The van der Waals surface area contributed by atoms with E-state index >= 15 is 0 Å². The number of non-ortho nitro benzene ring substituents is 1. The number of unbranched alkanes of at least 4 members (excludes halogenated alkanes) is 2. The molecule has 2 amide bonds. The van der Waals surface area contributed by atoms with Crippen LogP contribution in [0.25, 0.3) is 11.1 Å². The number of ether oxygens (including phenoxy) is 2. The molecule has 4 aromatic rings. The fourth-order valence-electron chi connectivity index (χ4n) is 7.47. The average Bonchev–Trinajstić information content (AvgIpc) is 3.22. The van der Waals surface area contributed by atoms with Crippen LogP contribution in [0.3, 0.4) is 0 Å². The Labute approximate surface area is 329 Å². The van der Waals surface area contributed by atoms with Crippen LogP contribution in [0.1, 0.15) is 74.2 Å². The summed E-state index contributed by atoms with van der Waals surface area (Å²) in [5.74, 6) is 0.0215. The zero-order valence-electron chi connectivity index (χ0n) is 32.3. The molecule has 296 valence electrons. The third-order valence-corrected chi connectivity index (χ3v) is 10.8. The van der Waals surface area contributed by atoms with Gasteiger partial charge < -0.3 is 30.1 Å². The van der Waals surface area contributed by atoms with Gasteiger partial charge in [-0.15, -0.1) is 0 Å². The van der Waals surface area contributed by atoms with Gasteiger partial charge in [-0.3, -0.25) is 24.6 Å². The Hall–Kier alpha value is -5.14. The molecular weight excluding hydrogens is 711 g/mol. The summed E-state index contributed by atoms with van der Waals surface area (Å²) in [7, 11) is 0. The summed E-state index contributed by atoms with van der Waals surface area (Å²) >= 11 is 0. The summed E-state index contributed by atoms with van der Waals surface area (Å²) in [6.07, 6.45) is 2.01. The highest BCUT2D eigenvalue weighted by atomic mass is 16.7. The number of piperazine rings is 1. The van der Waals surface area contributed by atoms with Gasteiger partial charge in [-0.25, -0.2) is 0 Å². The van der Waals surface area contributed by atoms with Crippen LogP contribution >= 0.6 is 0 Å². The van der Waals surface area contributed by atoms with E-state index in [1.165, 1.54) is 6.92 Å². The van der Waals surface area contributed by atoms with E-state index in [1.54, 1.807) is 12.1 Å². The third-order valence-electron chi connectivity index (χ3n) is 10.8. The minimum Gasteiger partial charge on any atom is -0.392 e. The number of carbonyl (C=O) groups is 2. The first-order valence-corrected chi connectivity index (χ1v) is 19.6. The summed E-state index contributed by atoms with van der Waals surface area (Å²) in [5.41, 5.74) is 6.96. The van der Waals surface area contributed by atoms with E-state index in [9.17, 15) is 24.8 Å². The number of nitrogens with zero attached hydrogens (tertiary/aromatic N) is 3. The van der Waals surface area contributed by atoms with Crippen LogP contribution in [-0.4, -0.2) is 72.1 Å². The van der Waals surface area contributed by atoms with Crippen LogP contribution in [0.4, 0.5) is 11.4 Å². The molecular formula is C44H53N5O7. The third kappa shape index (κ3) is 10.8. The van der Waals surface area contributed by atoms with Gasteiger partial charge in [0, 0.05) is 88.5 Å². The van der Waals surface area contributed by atoms with E-state index in [1.807, 2.05) is 54.6 Å². The van der Waals surface area contributed by atoms with Gasteiger partial charge in [0.05, 0.1) is 23.7 Å². The molecule has 12 nitrogen and oxygen atoms in total. The molecule has 6 rings (SSSR count). The molecule has 2 aliphatic rings. The van der Waals surface area contributed by atoms with E-state index < -0.39 is 6.29 Å². The van der Waals surface area contributed by atoms with Crippen molar-refractivity contribution in [2.45, 2.75) is 71.2 Å². The van der Waals surface area contributed by atoms with Crippen LogP contribution in [0.15, 0.2) is 97.1 Å². The molecule has 2 heterocycles. The standard InChI is InChI=1S/C44H53N5O7/c1-31-41(29-47-24-26-48(27-25-47)38-19-21-39(22-20-38)49(53)54)55-44(56-43(31)35-13-11-33(30-50)12-14-35)36-17-15-34(16-18-36)40-9-6-5-8-37(40)28-46-42(52)10-4-3-7-23-45-32(2)51/h5-6,8-9,11-22,31,41,43-44,50H,3-4,7,10,23-30H2,1-2H3,(H,45,51)(H,46,52)/t31-,41+,43+,44+/m1/s1. The maximum atomic E-state index is 12.6. The number of carbonyl (C=O) groups excluding carboxylic acids is 2. The maximum absolute atomic E-state index is 12.6. The lowest BCUT2D eigenvalue weighted by Crippen LogP contribution is -2.51. The van der Waals surface area contributed by atoms with Crippen molar-refractivity contribution in [3.63, 3.8) is 0 Å². The Morgan fingerprint density at radius 2 is 1.54 bits per heavy atom. The van der Waals surface area contributed by atoms with Gasteiger partial charge in [0.25, 0.3) is 5.69 Å². The van der Waals surface area contributed by atoms with Crippen molar-refractivity contribution >= 4 is 23.2 Å². The van der Waals surface area contributed by atoms with Crippen molar-refractivity contribution < 1.29 is 29.1 Å². The first kappa shape index (κ1) is 40.5. The number of hydrogen-bond donors (Lipinski definition) is 3. The molecule has 4 aromatic carbocycles. The quantitative estimate of drug-likeness (QED) is 0.0646. The van der Waals surface area contributed by atoms with Crippen molar-refractivity contribution in [2.24, 2.45) is 5.92 Å². The Kier molecular flexibility index (Phi) is 14.2. The number of anilines is 1. The fourth-order valence-corrected chi connectivity index (χ4v) is 7.47. The Bertz CT molecular complexity index is 1900. The number of aliphatic hydroxyl groups excluding tert-OH is 1. The van der Waals surface area contributed by atoms with Gasteiger partial charge in [0.2, 0.25) is 11.8 Å². The van der Waals surface area contributed by atoms with Gasteiger partial charge in [-0.05, 0) is 52.8 Å². The van der Waals surface area contributed by atoms with E-state index in [0.717, 1.165) is 91.1 Å². The molecule has 0 bridgehead atoms. The highest BCUT2D eigenvalue weighted by Gasteiger charge is 2.39. The number of hydrogen-bond acceptors (Lipinski definition) is 9. The fraction of sp³-hybridized carbons (Fsp3) is 0.409. The minimum absolute atomic E-state index is 0.0111. The molecule has 0 saturated carbocycles. The number of nitro benzene ring substituents is 1. The Morgan fingerprint density at radius 3 is 2.21 bits per heavy atom. The maximum Gasteiger partial charge on any atom is 0.269 e. The summed E-state index contributed by atoms with van der Waals surface area (Å²) in [6.45, 7) is 8.72. The van der Waals surface area contributed by atoms with Crippen molar-refractivity contribution in [3.8, 4) is 11.1 Å². The van der Waals surface area contributed by atoms with Crippen LogP contribution in [0.2, 0.25) is 0 Å². The largest absolute Gasteiger partial charge is 0.392 e. The zero-order chi connectivity index (χ0) is 39.4. The minimum atomic E-state index is -0.595. The lowest BCUT2D eigenvalue weighted by Gasteiger charge is -2.44. The topological polar surface area (TPSA) is 147 Å². The van der Waals surface area contributed by atoms with Gasteiger partial charge in [-0.2, -0.15) is 0 Å². The van der Waals surface area contributed by atoms with E-state index in [2.05, 4.69) is 57.7 Å². The number of benzene rings is 4. The summed E-state index contributed by atoms with van der Waals surface area (Å²) in [6, 6.07) is 31.0. The van der Waals surface area contributed by atoms with Crippen molar-refractivity contribution in [1.29, 1.82) is 0 Å². The summed E-state index contributed by atoms with van der Waals surface area (Å²) in [5, 5.41) is 26.6. The highest BCUT2D eigenvalue weighted by Crippen LogP contribution is 2.42. The lowest BCUT2D eigenvalue weighted by atomic mass is 9.89. The van der Waals surface area contributed by atoms with Gasteiger partial charge in [0.15, 0.2) is 6.29 Å². The van der Waals surface area contributed by atoms with Crippen molar-refractivity contribution in [3.05, 3.63) is 129 Å². The number of nitro groups is 1. The normalized spacial score (nSPS) is 20.0. The lowest BCUT2D eigenvalue weighted by molar-refractivity contribution is -0.384. The molecule has 0 aromatic heterocycles. The smallest absolute Gasteiger partial charge is 0.269 e. The molecule has 0 unspecified atom stereocenters. The van der Waals surface area contributed by atoms with Crippen molar-refractivity contribution in [1.82, 2.24) is 15.5 Å². The first-order valence-electron chi connectivity index (χ1n) is 19.6. The van der Waals surface area contributed by atoms with Crippen LogP contribution in [0.5, 0.6) is 0 Å². The molecule has 4 atom stereocenters. The van der Waals surface area contributed by atoms with Crippen LogP contribution in [-0.2, 0) is 32.2 Å². The van der Waals surface area contributed by atoms with Gasteiger partial charge in [0.1, 0.15) is 0 Å². The van der Waals surface area contributed by atoms with Gasteiger partial charge >= 0.3 is 0 Å². The number of amides is 2. The second-order valence-electron chi connectivity index (χ2n) is 14.7. The molecule has 12 heteroatoms. The molecule has 3 N–H and O–H groups in total. The molecule has 0 aliphatic carbocycles. The number of rotatable bonds is 16. The molecule has 0 radical (unpaired) electrons. The zero-order valence-corrected chi connectivity index (χ0v) is 32.3. The monoisotopic (exact) mass is 763 g/mol. The second-order valence-corrected chi connectivity index (χ2v) is 14.7. The predicted molar refractivity (Wildman–Crippen MR) is 216 cm³/mol. The van der Waals surface area contributed by atoms with E-state index in [-0.39, 0.29) is 47.2 Å². The number of nitrogens with one attached hydrogen (secondary N) is 2. The molecule has 2 aliphatic heterocycles. The average molecular weight is 764 g/mol. The second kappa shape index (κ2) is 19.6. The summed E-state index contributed by atoms with van der Waals surface area (Å²) < 4.78 is 13.5. The molecule has 2 fully saturated rings. The Balaban J connectivity index is 1.11. The predicted octanol–water partition coefficient (Wildman–Crippen LogP) is 6.68. The summed E-state index contributed by atoms with van der Waals surface area (Å²) in [4.78, 5) is 39.1. The van der Waals surface area contributed by atoms with Crippen molar-refractivity contribution in [2.75, 3.05) is 44.2 Å². The van der Waals surface area contributed by atoms with E-state index in [0.29, 0.717) is 19.5 Å². The molecule has 56 heavy (non-hydrogen) atoms. The molecule has 0 spiro atoms. The van der Waals surface area contributed by atoms with Crippen LogP contribution in [0, 0.1) is 16.0 Å². The SMILES string of the molecule is CC(=O)NCCCCCC(=O)NCc1ccccc1-c1ccc([C@H]2O[C@@H](CN3CCN(c4ccc([N+](=O)[O-])cc4)CC3)[C@@H](C)[C@@H](c3ccc(CO)cc3)O2)cc1. The molecule has 2 saturated heterocycles.